The zero-order valence-electron chi connectivity index (χ0n) is 12.2. The van der Waals surface area contributed by atoms with Gasteiger partial charge in [-0.2, -0.15) is 0 Å². The van der Waals surface area contributed by atoms with Gasteiger partial charge in [-0.05, 0) is 33.6 Å². The number of rotatable bonds is 1. The van der Waals surface area contributed by atoms with Gasteiger partial charge in [0.1, 0.15) is 11.9 Å². The summed E-state index contributed by atoms with van der Waals surface area (Å²) in [7, 11) is 0. The van der Waals surface area contributed by atoms with Crippen LogP contribution in [0.5, 0.6) is 0 Å². The third-order valence-corrected chi connectivity index (χ3v) is 3.18. The van der Waals surface area contributed by atoms with Crippen LogP contribution in [0.15, 0.2) is 18.7 Å². The van der Waals surface area contributed by atoms with E-state index < -0.39 is 5.60 Å². The molecule has 1 aromatic rings. The number of amides is 1. The third-order valence-electron chi connectivity index (χ3n) is 3.18. The molecule has 1 atom stereocenters. The van der Waals surface area contributed by atoms with E-state index in [1.54, 1.807) is 17.3 Å². The van der Waals surface area contributed by atoms with Gasteiger partial charge >= 0.3 is 6.09 Å². The van der Waals surface area contributed by atoms with Crippen molar-refractivity contribution >= 4 is 12.0 Å². The van der Waals surface area contributed by atoms with Crippen molar-refractivity contribution < 1.29 is 14.3 Å². The largest absolute Gasteiger partial charge is 0.444 e. The molecular formula is C14H21N3O3. The Morgan fingerprint density at radius 3 is 2.70 bits per heavy atom. The molecule has 0 spiro atoms. The Bertz CT molecular complexity index is 476. The standard InChI is InChI=1S/C14H21N3O3/c1-14(2,3)20-13(19)16-7-4-5-11(9-16)12(18)17-8-6-15-10-17/h6,8,10-11H,4-5,7,9H2,1-3H3. The summed E-state index contributed by atoms with van der Waals surface area (Å²) in [5.74, 6) is -0.207. The molecule has 1 aliphatic heterocycles. The smallest absolute Gasteiger partial charge is 0.410 e. The summed E-state index contributed by atoms with van der Waals surface area (Å²) in [6.07, 6.45) is 5.96. The Hall–Kier alpha value is -1.85. The van der Waals surface area contributed by atoms with E-state index in [4.69, 9.17) is 4.74 Å². The molecule has 0 N–H and O–H groups in total. The molecule has 1 saturated heterocycles. The van der Waals surface area contributed by atoms with Crippen LogP contribution in [0.3, 0.4) is 0 Å². The van der Waals surface area contributed by atoms with Crippen molar-refractivity contribution in [2.24, 2.45) is 5.92 Å². The number of piperidine rings is 1. The average molecular weight is 279 g/mol. The van der Waals surface area contributed by atoms with Crippen molar-refractivity contribution in [3.05, 3.63) is 18.7 Å². The molecule has 110 valence electrons. The highest BCUT2D eigenvalue weighted by atomic mass is 16.6. The minimum Gasteiger partial charge on any atom is -0.444 e. The van der Waals surface area contributed by atoms with E-state index in [-0.39, 0.29) is 17.9 Å². The second kappa shape index (κ2) is 5.64. The fourth-order valence-electron chi connectivity index (χ4n) is 2.27. The minimum absolute atomic E-state index is 0.0178. The van der Waals surface area contributed by atoms with Crippen LogP contribution in [0.2, 0.25) is 0 Å². The van der Waals surface area contributed by atoms with Crippen LogP contribution in [0.4, 0.5) is 4.79 Å². The van der Waals surface area contributed by atoms with E-state index in [0.29, 0.717) is 13.1 Å². The Balaban J connectivity index is 1.98. The van der Waals surface area contributed by atoms with Crippen LogP contribution in [0, 0.1) is 5.92 Å². The number of hydrogen-bond donors (Lipinski definition) is 0. The zero-order chi connectivity index (χ0) is 14.8. The molecule has 1 aliphatic rings. The summed E-state index contributed by atoms with van der Waals surface area (Å²) in [6.45, 7) is 6.56. The van der Waals surface area contributed by atoms with E-state index in [1.165, 1.54) is 10.9 Å². The number of ether oxygens (including phenoxy) is 1. The van der Waals surface area contributed by atoms with Gasteiger partial charge in [-0.3, -0.25) is 9.36 Å². The molecule has 2 heterocycles. The van der Waals surface area contributed by atoms with E-state index >= 15 is 0 Å². The number of imidazole rings is 1. The van der Waals surface area contributed by atoms with Gasteiger partial charge in [0.15, 0.2) is 0 Å². The molecule has 0 aliphatic carbocycles. The molecule has 20 heavy (non-hydrogen) atoms. The van der Waals surface area contributed by atoms with Crippen molar-refractivity contribution in [2.75, 3.05) is 13.1 Å². The van der Waals surface area contributed by atoms with Gasteiger partial charge in [-0.1, -0.05) is 0 Å². The number of likely N-dealkylation sites (tertiary alicyclic amines) is 1. The quantitative estimate of drug-likeness (QED) is 0.790. The van der Waals surface area contributed by atoms with Gasteiger partial charge in [-0.25, -0.2) is 9.78 Å². The maximum absolute atomic E-state index is 12.3. The van der Waals surface area contributed by atoms with Crippen LogP contribution >= 0.6 is 0 Å². The van der Waals surface area contributed by atoms with Gasteiger partial charge in [0.2, 0.25) is 5.91 Å². The third kappa shape index (κ3) is 3.59. The Morgan fingerprint density at radius 1 is 1.35 bits per heavy atom. The SMILES string of the molecule is CC(C)(C)OC(=O)N1CCCC(C(=O)n2ccnc2)C1. The minimum atomic E-state index is -0.515. The van der Waals surface area contributed by atoms with Gasteiger partial charge in [0.05, 0.1) is 5.92 Å². The van der Waals surface area contributed by atoms with Crippen molar-refractivity contribution in [1.82, 2.24) is 14.5 Å². The summed E-state index contributed by atoms with van der Waals surface area (Å²) in [6, 6.07) is 0. The topological polar surface area (TPSA) is 64.4 Å². The summed E-state index contributed by atoms with van der Waals surface area (Å²) >= 11 is 0. The number of nitrogens with zero attached hydrogens (tertiary/aromatic N) is 3. The van der Waals surface area contributed by atoms with Crippen LogP contribution in [-0.2, 0) is 4.74 Å². The first kappa shape index (κ1) is 14.6. The predicted octanol–water partition coefficient (Wildman–Crippen LogP) is 2.17. The molecule has 0 saturated carbocycles. The lowest BCUT2D eigenvalue weighted by molar-refractivity contribution is 0.0165. The van der Waals surface area contributed by atoms with E-state index in [1.807, 2.05) is 20.8 Å². The summed E-state index contributed by atoms with van der Waals surface area (Å²) in [5, 5.41) is 0. The number of carbonyl (C=O) groups is 2. The fraction of sp³-hybridized carbons (Fsp3) is 0.643. The summed E-state index contributed by atoms with van der Waals surface area (Å²) in [4.78, 5) is 29.8. The Labute approximate surface area is 118 Å². The molecule has 1 fully saturated rings. The zero-order valence-corrected chi connectivity index (χ0v) is 12.2. The molecule has 1 unspecified atom stereocenters. The Kier molecular flexibility index (Phi) is 4.11. The van der Waals surface area contributed by atoms with Gasteiger partial charge in [0.25, 0.3) is 0 Å². The second-order valence-corrected chi connectivity index (χ2v) is 6.07. The molecule has 6 nitrogen and oxygen atoms in total. The van der Waals surface area contributed by atoms with Crippen molar-refractivity contribution in [1.29, 1.82) is 0 Å². The molecule has 1 amide bonds. The van der Waals surface area contributed by atoms with Crippen LogP contribution in [0.25, 0.3) is 0 Å². The summed E-state index contributed by atoms with van der Waals surface area (Å²) in [5.41, 5.74) is -0.515. The first-order chi connectivity index (χ1) is 9.37. The first-order valence-corrected chi connectivity index (χ1v) is 6.87. The van der Waals surface area contributed by atoms with Gasteiger partial charge in [0, 0.05) is 25.5 Å². The molecule has 0 aromatic carbocycles. The van der Waals surface area contributed by atoms with E-state index in [0.717, 1.165) is 12.8 Å². The number of aromatic nitrogens is 2. The monoisotopic (exact) mass is 279 g/mol. The molecule has 2 rings (SSSR count). The van der Waals surface area contributed by atoms with Gasteiger partial charge in [-0.15, -0.1) is 0 Å². The van der Waals surface area contributed by atoms with E-state index in [2.05, 4.69) is 4.98 Å². The maximum Gasteiger partial charge on any atom is 0.410 e. The maximum atomic E-state index is 12.3. The normalized spacial score (nSPS) is 19.8. The van der Waals surface area contributed by atoms with E-state index in [9.17, 15) is 9.59 Å². The summed E-state index contributed by atoms with van der Waals surface area (Å²) < 4.78 is 6.83. The molecule has 0 bridgehead atoms. The molecule has 1 aromatic heterocycles. The van der Waals surface area contributed by atoms with Crippen LogP contribution < -0.4 is 0 Å². The molecule has 0 radical (unpaired) electrons. The molecular weight excluding hydrogens is 258 g/mol. The second-order valence-electron chi connectivity index (χ2n) is 6.07. The number of carbonyl (C=O) groups excluding carboxylic acids is 2. The lowest BCUT2D eigenvalue weighted by atomic mass is 9.97. The van der Waals surface area contributed by atoms with Crippen LogP contribution in [0.1, 0.15) is 38.4 Å². The highest BCUT2D eigenvalue weighted by Crippen LogP contribution is 2.20. The predicted molar refractivity (Wildman–Crippen MR) is 73.4 cm³/mol. The highest BCUT2D eigenvalue weighted by Gasteiger charge is 2.31. The highest BCUT2D eigenvalue weighted by molar-refractivity contribution is 5.82. The number of hydrogen-bond acceptors (Lipinski definition) is 4. The fourth-order valence-corrected chi connectivity index (χ4v) is 2.27. The van der Waals surface area contributed by atoms with Crippen molar-refractivity contribution in [3.8, 4) is 0 Å². The Morgan fingerprint density at radius 2 is 2.10 bits per heavy atom. The van der Waals surface area contributed by atoms with Gasteiger partial charge < -0.3 is 9.64 Å². The van der Waals surface area contributed by atoms with Crippen LogP contribution in [-0.4, -0.2) is 45.1 Å². The average Bonchev–Trinajstić information content (AvgIpc) is 2.90. The first-order valence-electron chi connectivity index (χ1n) is 6.87. The lowest BCUT2D eigenvalue weighted by Crippen LogP contribution is -2.45. The van der Waals surface area contributed by atoms with Crippen molar-refractivity contribution in [2.45, 2.75) is 39.2 Å². The van der Waals surface area contributed by atoms with Crippen molar-refractivity contribution in [3.63, 3.8) is 0 Å². The lowest BCUT2D eigenvalue weighted by Gasteiger charge is -2.33. The molecule has 6 heteroatoms.